The predicted molar refractivity (Wildman–Crippen MR) is 44.1 cm³/mol. The Balaban J connectivity index is 2.69. The molecule has 0 fully saturated rings. The average molecular weight is 157 g/mol. The molecule has 2 nitrogen and oxygen atoms in total. The zero-order valence-electron chi connectivity index (χ0n) is 6.47. The van der Waals surface area contributed by atoms with E-state index in [-0.39, 0.29) is 10.5 Å². The van der Waals surface area contributed by atoms with E-state index in [2.05, 4.69) is 25.2 Å². The summed E-state index contributed by atoms with van der Waals surface area (Å²) in [6.07, 6.45) is 0.536. The maximum Gasteiger partial charge on any atom is 0.216 e. The van der Waals surface area contributed by atoms with Gasteiger partial charge in [0.05, 0.1) is 6.42 Å². The fourth-order valence-corrected chi connectivity index (χ4v) is 1.46. The Labute approximate surface area is 65.2 Å². The van der Waals surface area contributed by atoms with Gasteiger partial charge in [0, 0.05) is 23.1 Å². The van der Waals surface area contributed by atoms with Gasteiger partial charge < -0.3 is 0 Å². The number of carbonyl (C=O) groups excluding carboxylic acids is 1. The van der Waals surface area contributed by atoms with Crippen LogP contribution in [0.5, 0.6) is 0 Å². The fourth-order valence-electron chi connectivity index (χ4n) is 0.709. The van der Waals surface area contributed by atoms with Gasteiger partial charge in [0.15, 0.2) is 0 Å². The van der Waals surface area contributed by atoms with Gasteiger partial charge in [-0.2, -0.15) is 0 Å². The molecule has 0 bridgehead atoms. The van der Waals surface area contributed by atoms with Gasteiger partial charge in [-0.1, -0.05) is 20.8 Å². The maximum atomic E-state index is 10.7. The first-order valence-corrected chi connectivity index (χ1v) is 4.04. The molecular weight excluding hydrogens is 146 g/mol. The van der Waals surface area contributed by atoms with E-state index >= 15 is 0 Å². The first-order valence-electron chi connectivity index (χ1n) is 3.27. The first-order chi connectivity index (χ1) is 4.50. The zero-order valence-corrected chi connectivity index (χ0v) is 7.29. The van der Waals surface area contributed by atoms with Gasteiger partial charge in [-0.25, -0.2) is 4.40 Å². The van der Waals surface area contributed by atoms with Crippen molar-refractivity contribution < 1.29 is 4.79 Å². The highest BCUT2D eigenvalue weighted by Crippen LogP contribution is 2.28. The van der Waals surface area contributed by atoms with Crippen LogP contribution in [-0.2, 0) is 4.79 Å². The van der Waals surface area contributed by atoms with Crippen molar-refractivity contribution in [2.75, 3.05) is 0 Å². The van der Waals surface area contributed by atoms with Crippen LogP contribution >= 0.6 is 11.9 Å². The van der Waals surface area contributed by atoms with Crippen molar-refractivity contribution in [1.82, 2.24) is 0 Å². The summed E-state index contributed by atoms with van der Waals surface area (Å²) in [6, 6.07) is 0. The number of nitrogens with zero attached hydrogens (tertiary/aromatic N) is 1. The molecule has 0 atom stereocenters. The summed E-state index contributed by atoms with van der Waals surface area (Å²) in [5.41, 5.74) is 1.08. The molecule has 0 spiro atoms. The third-order valence-electron chi connectivity index (χ3n) is 1.44. The van der Waals surface area contributed by atoms with E-state index in [0.717, 1.165) is 17.7 Å². The second kappa shape index (κ2) is 2.38. The Morgan fingerprint density at radius 2 is 2.10 bits per heavy atom. The smallest absolute Gasteiger partial charge is 0.216 e. The van der Waals surface area contributed by atoms with Crippen molar-refractivity contribution in [3.8, 4) is 0 Å². The fraction of sp³-hybridized carbons (Fsp3) is 0.714. The number of rotatable bonds is 0. The zero-order chi connectivity index (χ0) is 7.78. The van der Waals surface area contributed by atoms with E-state index in [1.807, 2.05) is 0 Å². The molecule has 1 rings (SSSR count). The number of hydrogen-bond donors (Lipinski definition) is 0. The van der Waals surface area contributed by atoms with E-state index in [1.165, 1.54) is 0 Å². The van der Waals surface area contributed by atoms with Crippen molar-refractivity contribution in [2.45, 2.75) is 27.2 Å². The highest BCUT2D eigenvalue weighted by molar-refractivity contribution is 8.13. The van der Waals surface area contributed by atoms with Crippen LogP contribution < -0.4 is 0 Å². The van der Waals surface area contributed by atoms with Gasteiger partial charge in [-0.15, -0.1) is 0 Å². The molecule has 0 aromatic rings. The number of hydrogen-bond acceptors (Lipinski definition) is 3. The minimum atomic E-state index is 0.0686. The molecule has 1 heterocycles. The highest BCUT2D eigenvalue weighted by Gasteiger charge is 2.26. The molecular formula is C7H11NOS. The molecule has 0 aromatic carbocycles. The molecule has 0 saturated heterocycles. The van der Waals surface area contributed by atoms with E-state index in [0.29, 0.717) is 6.42 Å². The topological polar surface area (TPSA) is 29.4 Å². The van der Waals surface area contributed by atoms with Crippen molar-refractivity contribution in [2.24, 2.45) is 9.81 Å². The van der Waals surface area contributed by atoms with E-state index < -0.39 is 0 Å². The largest absolute Gasteiger partial charge is 0.285 e. The lowest BCUT2D eigenvalue weighted by Crippen LogP contribution is -2.18. The van der Waals surface area contributed by atoms with E-state index in [9.17, 15) is 4.79 Å². The Bertz CT molecular complexity index is 190. The lowest BCUT2D eigenvalue weighted by atomic mass is 9.89. The Morgan fingerprint density at radius 3 is 2.30 bits per heavy atom. The van der Waals surface area contributed by atoms with Crippen LogP contribution in [0.4, 0.5) is 0 Å². The molecule has 0 unspecified atom stereocenters. The Morgan fingerprint density at radius 1 is 1.50 bits per heavy atom. The quantitative estimate of drug-likeness (QED) is 0.504. The summed E-state index contributed by atoms with van der Waals surface area (Å²) in [5, 5.41) is 0.171. The first kappa shape index (κ1) is 7.79. The lowest BCUT2D eigenvalue weighted by molar-refractivity contribution is -0.109. The summed E-state index contributed by atoms with van der Waals surface area (Å²) in [5.74, 6) is 0. The van der Waals surface area contributed by atoms with Crippen LogP contribution in [0.15, 0.2) is 4.40 Å². The molecule has 0 saturated carbocycles. The van der Waals surface area contributed by atoms with Crippen molar-refractivity contribution in [3.05, 3.63) is 0 Å². The van der Waals surface area contributed by atoms with Gasteiger partial charge in [0.25, 0.3) is 0 Å². The van der Waals surface area contributed by atoms with Gasteiger partial charge in [-0.3, -0.25) is 4.79 Å². The van der Waals surface area contributed by atoms with Crippen LogP contribution in [0.1, 0.15) is 27.2 Å². The van der Waals surface area contributed by atoms with Crippen LogP contribution in [0.3, 0.4) is 0 Å². The highest BCUT2D eigenvalue weighted by atomic mass is 32.2. The standard InChI is InChI=1S/C7H11NOS/c1-7(2,3)5-4-6(9)10-8-5/h4H2,1-3H3. The minimum Gasteiger partial charge on any atom is -0.285 e. The van der Waals surface area contributed by atoms with E-state index in [4.69, 9.17) is 0 Å². The second-order valence-electron chi connectivity index (χ2n) is 3.43. The molecule has 0 N–H and O–H groups in total. The third kappa shape index (κ3) is 1.59. The molecule has 0 aromatic heterocycles. The van der Waals surface area contributed by atoms with Crippen LogP contribution in [0.25, 0.3) is 0 Å². The molecule has 3 heteroatoms. The van der Waals surface area contributed by atoms with Gasteiger partial charge >= 0.3 is 0 Å². The van der Waals surface area contributed by atoms with Crippen molar-refractivity contribution in [1.29, 1.82) is 0 Å². The summed E-state index contributed by atoms with van der Waals surface area (Å²) >= 11 is 1.08. The molecule has 0 amide bonds. The molecule has 10 heavy (non-hydrogen) atoms. The Hall–Kier alpha value is -0.310. The second-order valence-corrected chi connectivity index (χ2v) is 4.25. The van der Waals surface area contributed by atoms with E-state index in [1.54, 1.807) is 0 Å². The summed E-state index contributed by atoms with van der Waals surface area (Å²) < 4.78 is 4.07. The molecule has 56 valence electrons. The minimum absolute atomic E-state index is 0.0686. The summed E-state index contributed by atoms with van der Waals surface area (Å²) in [6.45, 7) is 6.22. The van der Waals surface area contributed by atoms with Crippen LogP contribution in [-0.4, -0.2) is 10.8 Å². The van der Waals surface area contributed by atoms with Gasteiger partial charge in [-0.05, 0) is 0 Å². The monoisotopic (exact) mass is 157 g/mol. The SMILES string of the molecule is CC(C)(C)C1=NSC(=O)C1. The maximum absolute atomic E-state index is 10.7. The predicted octanol–water partition coefficient (Wildman–Crippen LogP) is 2.05. The third-order valence-corrected chi connectivity index (χ3v) is 2.09. The average Bonchev–Trinajstić information content (AvgIpc) is 2.11. The number of carbonyl (C=O) groups is 1. The van der Waals surface area contributed by atoms with Crippen molar-refractivity contribution >= 4 is 22.8 Å². The van der Waals surface area contributed by atoms with Crippen LogP contribution in [0, 0.1) is 5.41 Å². The molecule has 0 aliphatic carbocycles. The van der Waals surface area contributed by atoms with Crippen molar-refractivity contribution in [3.63, 3.8) is 0 Å². The Kier molecular flexibility index (Phi) is 1.86. The summed E-state index contributed by atoms with van der Waals surface area (Å²) in [4.78, 5) is 10.7. The lowest BCUT2D eigenvalue weighted by Gasteiger charge is -2.16. The van der Waals surface area contributed by atoms with Crippen LogP contribution in [0.2, 0.25) is 0 Å². The molecule has 1 aliphatic heterocycles. The van der Waals surface area contributed by atoms with Gasteiger partial charge in [0.2, 0.25) is 5.12 Å². The normalized spacial score (nSPS) is 19.5. The summed E-state index contributed by atoms with van der Waals surface area (Å²) in [7, 11) is 0. The molecule has 1 aliphatic rings. The van der Waals surface area contributed by atoms with Gasteiger partial charge in [0.1, 0.15) is 0 Å². The molecule has 0 radical (unpaired) electrons.